The van der Waals surface area contributed by atoms with Gasteiger partial charge in [-0.25, -0.2) is 9.97 Å². The molecule has 2 aromatic heterocycles. The molecule has 104 valence electrons. The van der Waals surface area contributed by atoms with Crippen LogP contribution >= 0.6 is 99.6 Å². The molecule has 0 aliphatic heterocycles. The number of aromatic nitrogens is 2. The molecule has 2 nitrogen and oxygen atoms in total. The molecule has 0 fully saturated rings. The summed E-state index contributed by atoms with van der Waals surface area (Å²) in [6.07, 6.45) is 3.27. The van der Waals surface area contributed by atoms with Crippen LogP contribution in [0.3, 0.4) is 0 Å². The molecule has 0 saturated carbocycles. The predicted octanol–water partition coefficient (Wildman–Crippen LogP) is 6.99. The summed E-state index contributed by atoms with van der Waals surface area (Å²) in [4.78, 5) is 7.68. The van der Waals surface area contributed by atoms with E-state index in [0.717, 1.165) is 8.95 Å². The topological polar surface area (TPSA) is 25.8 Å². The van der Waals surface area contributed by atoms with Gasteiger partial charge in [0.25, 0.3) is 0 Å². The molecule has 0 radical (unpaired) electrons. The monoisotopic (exact) mass is 574 g/mol. The maximum absolute atomic E-state index is 5.67. The Morgan fingerprint density at radius 1 is 0.789 bits per heavy atom. The lowest BCUT2D eigenvalue weighted by atomic mass is 10.5. The maximum Gasteiger partial charge on any atom is 0.147 e. The van der Waals surface area contributed by atoms with E-state index >= 15 is 0 Å². The minimum absolute atomic E-state index is 0. The molecule has 19 heavy (non-hydrogen) atoms. The highest BCUT2D eigenvalue weighted by Gasteiger charge is 1.97. The lowest BCUT2D eigenvalue weighted by Crippen LogP contribution is -1.74. The van der Waals surface area contributed by atoms with Crippen LogP contribution in [-0.2, 0) is 0 Å². The third-order valence-corrected chi connectivity index (χ3v) is 4.23. The molecule has 0 spiro atoms. The van der Waals surface area contributed by atoms with Gasteiger partial charge in [0.1, 0.15) is 9.76 Å². The van der Waals surface area contributed by atoms with Crippen LogP contribution in [0, 0.1) is 0 Å². The molecule has 0 aliphatic carbocycles. The van der Waals surface area contributed by atoms with Gasteiger partial charge in [0.2, 0.25) is 0 Å². The first-order chi connectivity index (χ1) is 8.40. The molecule has 0 bridgehead atoms. The van der Waals surface area contributed by atoms with Crippen molar-refractivity contribution in [3.8, 4) is 0 Å². The second-order valence-corrected chi connectivity index (χ2v) is 6.61. The third-order valence-electron chi connectivity index (χ3n) is 1.53. The summed E-state index contributed by atoms with van der Waals surface area (Å²) < 4.78 is 2.39. The molecule has 9 heteroatoms. The van der Waals surface area contributed by atoms with Crippen molar-refractivity contribution >= 4 is 99.6 Å². The van der Waals surface area contributed by atoms with E-state index in [0.29, 0.717) is 19.8 Å². The molecule has 0 aliphatic rings. The van der Waals surface area contributed by atoms with Crippen LogP contribution in [0.15, 0.2) is 38.1 Å². The van der Waals surface area contributed by atoms with Crippen LogP contribution in [0.25, 0.3) is 0 Å². The molecule has 2 aromatic rings. The van der Waals surface area contributed by atoms with Crippen molar-refractivity contribution in [1.29, 1.82) is 0 Å². The minimum Gasteiger partial charge on any atom is -0.247 e. The average molecular weight is 579 g/mol. The lowest BCUT2D eigenvalue weighted by molar-refractivity contribution is 1.26. The van der Waals surface area contributed by atoms with Crippen molar-refractivity contribution in [2.75, 3.05) is 0 Å². The zero-order chi connectivity index (χ0) is 13.7. The van der Waals surface area contributed by atoms with Gasteiger partial charge in [0.05, 0.1) is 10.0 Å². The molecule has 0 amide bonds. The minimum atomic E-state index is 0. The Morgan fingerprint density at radius 3 is 1.63 bits per heavy atom. The maximum atomic E-state index is 5.67. The van der Waals surface area contributed by atoms with Gasteiger partial charge in [0.15, 0.2) is 0 Å². The number of hydrogen-bond donors (Lipinski definition) is 0. The molecule has 2 rings (SSSR count). The van der Waals surface area contributed by atoms with Gasteiger partial charge in [0, 0.05) is 21.3 Å². The molecule has 0 unspecified atom stereocenters. The highest BCUT2D eigenvalue weighted by molar-refractivity contribution is 9.11. The first-order valence-corrected chi connectivity index (χ1v) is 7.84. The highest BCUT2D eigenvalue weighted by atomic mass is 79.9. The van der Waals surface area contributed by atoms with Gasteiger partial charge >= 0.3 is 0 Å². The van der Waals surface area contributed by atoms with E-state index in [1.807, 2.05) is 0 Å². The standard InChI is InChI=1S/C5H2Br2ClN.C5H2BrCl2N.BrH/c6-3-1-4(8)5(7)9-2-3;6-3-1-4(7)5(8)9-2-3;/h2*1-2H;1H. The second-order valence-electron chi connectivity index (χ2n) is 2.85. The Hall–Kier alpha value is 1.09. The molecule has 0 N–H and O–H groups in total. The summed E-state index contributed by atoms with van der Waals surface area (Å²) in [6, 6.07) is 3.47. The molecule has 0 atom stereocenters. The summed E-state index contributed by atoms with van der Waals surface area (Å²) in [5.41, 5.74) is 0. The van der Waals surface area contributed by atoms with E-state index in [4.69, 9.17) is 34.8 Å². The van der Waals surface area contributed by atoms with Crippen LogP contribution in [0.2, 0.25) is 15.2 Å². The van der Waals surface area contributed by atoms with Gasteiger partial charge < -0.3 is 0 Å². The summed E-state index contributed by atoms with van der Waals surface area (Å²) in [6.45, 7) is 0. The molecular formula is C10H5Br4Cl3N2. The third kappa shape index (κ3) is 7.60. The van der Waals surface area contributed by atoms with Crippen LogP contribution in [0.1, 0.15) is 0 Å². The van der Waals surface area contributed by atoms with Gasteiger partial charge in [-0.3, -0.25) is 0 Å². The van der Waals surface area contributed by atoms with Crippen LogP contribution in [0.5, 0.6) is 0 Å². The summed E-state index contributed by atoms with van der Waals surface area (Å²) >= 11 is 26.4. The number of rotatable bonds is 0. The quantitative estimate of drug-likeness (QED) is 0.315. The van der Waals surface area contributed by atoms with Gasteiger partial charge in [-0.1, -0.05) is 34.8 Å². The van der Waals surface area contributed by atoms with E-state index < -0.39 is 0 Å². The largest absolute Gasteiger partial charge is 0.247 e. The van der Waals surface area contributed by atoms with Crippen molar-refractivity contribution in [3.05, 3.63) is 53.3 Å². The molecule has 0 aromatic carbocycles. The predicted molar refractivity (Wildman–Crippen MR) is 96.9 cm³/mol. The van der Waals surface area contributed by atoms with Crippen LogP contribution in [-0.4, -0.2) is 9.97 Å². The van der Waals surface area contributed by atoms with Crippen LogP contribution < -0.4 is 0 Å². The molecular weight excluding hydrogens is 574 g/mol. The summed E-state index contributed by atoms with van der Waals surface area (Å²) in [5, 5.41) is 1.41. The first kappa shape index (κ1) is 20.1. The Balaban J connectivity index is 0.000000324. The number of hydrogen-bond acceptors (Lipinski definition) is 2. The number of pyridine rings is 2. The second kappa shape index (κ2) is 9.92. The Bertz CT molecular complexity index is 505. The zero-order valence-electron chi connectivity index (χ0n) is 8.88. The average Bonchev–Trinajstić information content (AvgIpc) is 2.30. The smallest absolute Gasteiger partial charge is 0.147 e. The highest BCUT2D eigenvalue weighted by Crippen LogP contribution is 2.23. The van der Waals surface area contributed by atoms with Crippen molar-refractivity contribution in [1.82, 2.24) is 9.97 Å². The fourth-order valence-corrected chi connectivity index (χ4v) is 2.37. The van der Waals surface area contributed by atoms with Crippen molar-refractivity contribution in [2.45, 2.75) is 0 Å². The van der Waals surface area contributed by atoms with E-state index in [2.05, 4.69) is 57.8 Å². The van der Waals surface area contributed by atoms with Gasteiger partial charge in [-0.15, -0.1) is 17.0 Å². The van der Waals surface area contributed by atoms with Crippen LogP contribution in [0.4, 0.5) is 0 Å². The zero-order valence-corrected chi connectivity index (χ0v) is 17.6. The van der Waals surface area contributed by atoms with E-state index in [-0.39, 0.29) is 17.0 Å². The van der Waals surface area contributed by atoms with E-state index in [9.17, 15) is 0 Å². The summed E-state index contributed by atoms with van der Waals surface area (Å²) in [7, 11) is 0. The first-order valence-electron chi connectivity index (χ1n) is 4.33. The number of halogens is 7. The van der Waals surface area contributed by atoms with Gasteiger partial charge in [-0.05, 0) is 59.9 Å². The fraction of sp³-hybridized carbons (Fsp3) is 0. The van der Waals surface area contributed by atoms with E-state index in [1.165, 1.54) is 0 Å². The fourth-order valence-electron chi connectivity index (χ4n) is 0.796. The van der Waals surface area contributed by atoms with E-state index in [1.54, 1.807) is 24.5 Å². The SMILES string of the molecule is Br.Clc1cc(Br)cnc1Br.Clc1cc(Br)cnc1Cl. The van der Waals surface area contributed by atoms with Crippen molar-refractivity contribution in [3.63, 3.8) is 0 Å². The lowest BCUT2D eigenvalue weighted by Gasteiger charge is -1.92. The Morgan fingerprint density at radius 2 is 1.26 bits per heavy atom. The van der Waals surface area contributed by atoms with Gasteiger partial charge in [-0.2, -0.15) is 0 Å². The molecule has 0 saturated heterocycles. The number of nitrogens with zero attached hydrogens (tertiary/aromatic N) is 2. The van der Waals surface area contributed by atoms with Crippen molar-refractivity contribution in [2.24, 2.45) is 0 Å². The summed E-state index contributed by atoms with van der Waals surface area (Å²) in [5.74, 6) is 0. The van der Waals surface area contributed by atoms with Crippen molar-refractivity contribution < 1.29 is 0 Å². The Labute approximate surface area is 161 Å². The Kier molecular flexibility index (Phi) is 10.5. The normalized spacial score (nSPS) is 9.16. The molecule has 2 heterocycles.